The van der Waals surface area contributed by atoms with Crippen LogP contribution in [0.3, 0.4) is 0 Å². The van der Waals surface area contributed by atoms with Gasteiger partial charge in [0.25, 0.3) is 0 Å². The van der Waals surface area contributed by atoms with Crippen LogP contribution in [0.25, 0.3) is 0 Å². The van der Waals surface area contributed by atoms with Gasteiger partial charge in [-0.1, -0.05) is 45.0 Å². The summed E-state index contributed by atoms with van der Waals surface area (Å²) in [5.41, 5.74) is 2.59. The normalized spacial score (nSPS) is 18.2. The highest BCUT2D eigenvalue weighted by molar-refractivity contribution is 6.74. The van der Waals surface area contributed by atoms with Gasteiger partial charge in [-0.3, -0.25) is 4.79 Å². The molecule has 3 unspecified atom stereocenters. The van der Waals surface area contributed by atoms with Crippen LogP contribution in [0.15, 0.2) is 72.8 Å². The average Bonchev–Trinajstić information content (AvgIpc) is 2.94. The largest absolute Gasteiger partial charge is 0.493 e. The fourth-order valence-corrected chi connectivity index (χ4v) is 6.74. The summed E-state index contributed by atoms with van der Waals surface area (Å²) >= 11 is 0. The van der Waals surface area contributed by atoms with Gasteiger partial charge in [0.2, 0.25) is 5.91 Å². The van der Waals surface area contributed by atoms with Gasteiger partial charge in [-0.15, -0.1) is 0 Å². The Bertz CT molecular complexity index is 1380. The molecule has 1 aliphatic rings. The first-order valence-corrected chi connectivity index (χ1v) is 18.5. The third kappa shape index (κ3) is 8.34. The van der Waals surface area contributed by atoms with E-state index >= 15 is 0 Å². The van der Waals surface area contributed by atoms with Crippen LogP contribution in [0, 0.1) is 17.6 Å². The molecular formula is C36H49F2N2O3Si+. The van der Waals surface area contributed by atoms with Gasteiger partial charge in [-0.25, -0.2) is 8.78 Å². The Morgan fingerprint density at radius 2 is 1.45 bits per heavy atom. The van der Waals surface area contributed by atoms with Gasteiger partial charge < -0.3 is 18.5 Å². The molecule has 3 atom stereocenters. The Hall–Kier alpha value is -3.07. The second-order valence-corrected chi connectivity index (χ2v) is 19.3. The van der Waals surface area contributed by atoms with E-state index in [1.54, 1.807) is 29.2 Å². The van der Waals surface area contributed by atoms with Crippen molar-refractivity contribution in [3.05, 3.63) is 95.6 Å². The first kappa shape index (κ1) is 33.8. The van der Waals surface area contributed by atoms with Gasteiger partial charge in [0, 0.05) is 12.1 Å². The number of hydrogen-bond acceptors (Lipinski definition) is 3. The predicted octanol–water partition coefficient (Wildman–Crippen LogP) is 8.69. The quantitative estimate of drug-likeness (QED) is 0.0828. The number of carbonyl (C=O) groups excluding carboxylic acids is 1. The van der Waals surface area contributed by atoms with Crippen LogP contribution in [0.5, 0.6) is 5.75 Å². The van der Waals surface area contributed by atoms with E-state index in [0.29, 0.717) is 25.1 Å². The number of rotatable bonds is 13. The number of benzene rings is 3. The second-order valence-electron chi connectivity index (χ2n) is 14.5. The first-order valence-electron chi connectivity index (χ1n) is 15.6. The Balaban J connectivity index is 1.56. The topological polar surface area (TPSA) is 38.8 Å². The molecule has 8 heteroatoms. The van der Waals surface area contributed by atoms with Crippen molar-refractivity contribution in [2.45, 2.75) is 70.3 Å². The van der Waals surface area contributed by atoms with Gasteiger partial charge in [0.15, 0.2) is 8.32 Å². The Kier molecular flexibility index (Phi) is 10.4. The summed E-state index contributed by atoms with van der Waals surface area (Å²) in [5, 5.41) is -0.00478. The Morgan fingerprint density at radius 1 is 0.886 bits per heavy atom. The van der Waals surface area contributed by atoms with Crippen LogP contribution in [0.1, 0.15) is 63.3 Å². The summed E-state index contributed by atoms with van der Waals surface area (Å²) < 4.78 is 41.3. The lowest BCUT2D eigenvalue weighted by atomic mass is 9.78. The highest BCUT2D eigenvalue weighted by Gasteiger charge is 2.49. The predicted molar refractivity (Wildman–Crippen MR) is 176 cm³/mol. The molecule has 0 N–H and O–H groups in total. The number of nitrogens with zero attached hydrogens (tertiary/aromatic N) is 2. The Labute approximate surface area is 263 Å². The zero-order valence-electron chi connectivity index (χ0n) is 27.6. The van der Waals surface area contributed by atoms with Crippen molar-refractivity contribution in [2.75, 3.05) is 39.2 Å². The highest BCUT2D eigenvalue weighted by atomic mass is 28.4. The number of quaternary nitrogens is 1. The number of anilines is 1. The van der Waals surface area contributed by atoms with E-state index in [1.807, 2.05) is 24.3 Å². The molecule has 1 fully saturated rings. The number of halogens is 2. The molecule has 0 radical (unpaired) electrons. The fraction of sp³-hybridized carbons (Fsp3) is 0.472. The van der Waals surface area contributed by atoms with E-state index in [2.05, 4.69) is 55.0 Å². The molecular weight excluding hydrogens is 574 g/mol. The summed E-state index contributed by atoms with van der Waals surface area (Å²) in [7, 11) is 4.33. The van der Waals surface area contributed by atoms with Crippen molar-refractivity contribution in [3.8, 4) is 5.75 Å². The minimum atomic E-state index is -2.17. The van der Waals surface area contributed by atoms with Gasteiger partial charge in [-0.2, -0.15) is 0 Å². The van der Waals surface area contributed by atoms with E-state index in [-0.39, 0.29) is 40.6 Å². The summed E-state index contributed by atoms with van der Waals surface area (Å²) in [6.45, 7) is 12.7. The molecule has 44 heavy (non-hydrogen) atoms. The molecule has 0 spiro atoms. The number of hydrogen-bond donors (Lipinski definition) is 0. The monoisotopic (exact) mass is 623 g/mol. The van der Waals surface area contributed by atoms with E-state index < -0.39 is 8.32 Å². The maximum Gasteiger partial charge on any atom is 0.233 e. The van der Waals surface area contributed by atoms with Gasteiger partial charge >= 0.3 is 0 Å². The van der Waals surface area contributed by atoms with E-state index in [1.165, 1.54) is 24.3 Å². The number of β-lactam (4-membered cyclic amide) rings is 1. The van der Waals surface area contributed by atoms with Crippen LogP contribution >= 0.6 is 0 Å². The third-order valence-electron chi connectivity index (χ3n) is 9.01. The number of carbonyl (C=O) groups is 1. The molecule has 3 aromatic carbocycles. The van der Waals surface area contributed by atoms with Crippen LogP contribution in [0.2, 0.25) is 18.1 Å². The van der Waals surface area contributed by atoms with Crippen molar-refractivity contribution in [3.63, 3.8) is 0 Å². The zero-order chi connectivity index (χ0) is 32.3. The van der Waals surface area contributed by atoms with Crippen LogP contribution in [0.4, 0.5) is 14.5 Å². The van der Waals surface area contributed by atoms with Crippen molar-refractivity contribution in [2.24, 2.45) is 5.92 Å². The van der Waals surface area contributed by atoms with Crippen molar-refractivity contribution < 1.29 is 27.2 Å². The van der Waals surface area contributed by atoms with Crippen LogP contribution < -0.4 is 9.64 Å². The lowest BCUT2D eigenvalue weighted by molar-refractivity contribution is -0.870. The van der Waals surface area contributed by atoms with Gasteiger partial charge in [0.05, 0.1) is 52.4 Å². The zero-order valence-corrected chi connectivity index (χ0v) is 28.6. The molecule has 4 rings (SSSR count). The lowest BCUT2D eigenvalue weighted by Crippen LogP contribution is -2.55. The molecule has 3 aromatic rings. The SMILES string of the molecule is CC(C)(C)[Si](C)(C)OC(CCC1C(=O)N(c2ccc(F)cc2)C1c1ccc(OCCC[N+](C)(C)C)cc1)c1ccc(F)cc1. The molecule has 0 aromatic heterocycles. The van der Waals surface area contributed by atoms with Crippen LogP contribution in [-0.2, 0) is 9.22 Å². The van der Waals surface area contributed by atoms with Crippen LogP contribution in [-0.4, -0.2) is 53.0 Å². The molecule has 0 saturated carbocycles. The molecule has 1 aliphatic heterocycles. The molecule has 1 heterocycles. The maximum atomic E-state index is 13.8. The smallest absolute Gasteiger partial charge is 0.233 e. The third-order valence-corrected chi connectivity index (χ3v) is 13.5. The molecule has 1 amide bonds. The van der Waals surface area contributed by atoms with Crippen molar-refractivity contribution >= 4 is 19.9 Å². The molecule has 5 nitrogen and oxygen atoms in total. The molecule has 1 saturated heterocycles. The standard InChI is InChI=1S/C36H49F2N2O3Si/c1-36(2,3)44(7,8)43-33(26-10-14-28(37)15-11-26)23-22-32-34(39(35(32)41)30-18-16-29(38)17-19-30)27-12-20-31(21-13-27)42-25-9-24-40(4,5)6/h10-21,32-34H,9,22-25H2,1-8H3/q+1. The summed E-state index contributed by atoms with van der Waals surface area (Å²) in [6, 6.07) is 20.4. The van der Waals surface area contributed by atoms with Gasteiger partial charge in [-0.05, 0) is 90.6 Å². The highest BCUT2D eigenvalue weighted by Crippen LogP contribution is 2.48. The fourth-order valence-electron chi connectivity index (χ4n) is 5.43. The Morgan fingerprint density at radius 3 is 2.00 bits per heavy atom. The molecule has 0 bridgehead atoms. The van der Waals surface area contributed by atoms with Crippen molar-refractivity contribution in [1.82, 2.24) is 0 Å². The molecule has 238 valence electrons. The van der Waals surface area contributed by atoms with E-state index in [9.17, 15) is 13.6 Å². The van der Waals surface area contributed by atoms with E-state index in [0.717, 1.165) is 34.3 Å². The number of amides is 1. The summed E-state index contributed by atoms with van der Waals surface area (Å²) in [6.07, 6.45) is 1.92. The summed E-state index contributed by atoms with van der Waals surface area (Å²) in [5.74, 6) is -0.101. The average molecular weight is 624 g/mol. The van der Waals surface area contributed by atoms with Crippen molar-refractivity contribution in [1.29, 1.82) is 0 Å². The second kappa shape index (κ2) is 13.5. The molecule has 0 aliphatic carbocycles. The number of ether oxygens (including phenoxy) is 1. The minimum Gasteiger partial charge on any atom is -0.493 e. The van der Waals surface area contributed by atoms with Gasteiger partial charge in [0.1, 0.15) is 17.4 Å². The van der Waals surface area contributed by atoms with E-state index in [4.69, 9.17) is 9.16 Å². The summed E-state index contributed by atoms with van der Waals surface area (Å²) in [4.78, 5) is 15.5. The minimum absolute atomic E-state index is 0.00478. The first-order chi connectivity index (χ1) is 20.6. The maximum absolute atomic E-state index is 13.8. The lowest BCUT2D eigenvalue weighted by Gasteiger charge is -2.48.